The zero-order valence-electron chi connectivity index (χ0n) is 23.3. The lowest BCUT2D eigenvalue weighted by molar-refractivity contribution is -0.122. The summed E-state index contributed by atoms with van der Waals surface area (Å²) in [6.07, 6.45) is 5.66. The van der Waals surface area contributed by atoms with Crippen molar-refractivity contribution >= 4 is 26.7 Å². The lowest BCUT2D eigenvalue weighted by atomic mass is 10.0. The lowest BCUT2D eigenvalue weighted by Gasteiger charge is -2.27. The van der Waals surface area contributed by atoms with Gasteiger partial charge in [0.25, 0.3) is 0 Å². The number of amides is 1. The Morgan fingerprint density at radius 3 is 2.41 bits per heavy atom. The lowest BCUT2D eigenvalue weighted by Crippen LogP contribution is -2.35. The minimum absolute atomic E-state index is 0.0100. The SMILES string of the molecule is O=C(C[C@@H](NS(=O)(=O)c1ccc2ccccc2c1)c1ccccc1)NC1CCc2c(CN3CCCCC3)cccc21. The quantitative estimate of drug-likeness (QED) is 0.259. The zero-order valence-corrected chi connectivity index (χ0v) is 24.1. The molecule has 6 rings (SSSR count). The molecule has 2 aliphatic rings. The van der Waals surface area contributed by atoms with Crippen molar-refractivity contribution in [3.63, 3.8) is 0 Å². The van der Waals surface area contributed by atoms with Gasteiger partial charge < -0.3 is 5.32 Å². The molecule has 2 atom stereocenters. The van der Waals surface area contributed by atoms with E-state index in [1.165, 1.54) is 36.0 Å². The Labute approximate surface area is 242 Å². The molecular formula is C34H37N3O3S. The molecule has 0 bridgehead atoms. The minimum atomic E-state index is -3.88. The van der Waals surface area contributed by atoms with Crippen LogP contribution in [0.5, 0.6) is 0 Å². The number of hydrogen-bond donors (Lipinski definition) is 2. The van der Waals surface area contributed by atoms with Gasteiger partial charge in [0.2, 0.25) is 15.9 Å². The molecule has 4 aromatic rings. The van der Waals surface area contributed by atoms with Crippen LogP contribution < -0.4 is 10.0 Å². The first-order chi connectivity index (χ1) is 20.0. The molecule has 1 heterocycles. The number of benzene rings is 4. The van der Waals surface area contributed by atoms with Gasteiger partial charge >= 0.3 is 0 Å². The molecule has 1 aliphatic heterocycles. The summed E-state index contributed by atoms with van der Waals surface area (Å²) in [6.45, 7) is 3.27. The topological polar surface area (TPSA) is 78.5 Å². The number of carbonyl (C=O) groups excluding carboxylic acids is 1. The molecule has 0 saturated carbocycles. The van der Waals surface area contributed by atoms with Crippen LogP contribution in [0.1, 0.15) is 66.4 Å². The van der Waals surface area contributed by atoms with Crippen LogP contribution >= 0.6 is 0 Å². The van der Waals surface area contributed by atoms with Crippen LogP contribution in [0.4, 0.5) is 0 Å². The van der Waals surface area contributed by atoms with Crippen molar-refractivity contribution in [2.75, 3.05) is 13.1 Å². The molecule has 1 amide bonds. The average molecular weight is 568 g/mol. The summed E-state index contributed by atoms with van der Waals surface area (Å²) in [5.74, 6) is -0.167. The number of fused-ring (bicyclic) bond motifs is 2. The van der Waals surface area contributed by atoms with Crippen molar-refractivity contribution < 1.29 is 13.2 Å². The highest BCUT2D eigenvalue weighted by Gasteiger charge is 2.29. The summed E-state index contributed by atoms with van der Waals surface area (Å²) in [4.78, 5) is 16.2. The second-order valence-corrected chi connectivity index (χ2v) is 13.0. The number of likely N-dealkylation sites (tertiary alicyclic amines) is 1. The second kappa shape index (κ2) is 12.1. The first-order valence-corrected chi connectivity index (χ1v) is 16.1. The number of nitrogens with one attached hydrogen (secondary N) is 2. The van der Waals surface area contributed by atoms with E-state index in [1.807, 2.05) is 60.7 Å². The van der Waals surface area contributed by atoms with E-state index >= 15 is 0 Å². The largest absolute Gasteiger partial charge is 0.349 e. The molecule has 2 N–H and O–H groups in total. The highest BCUT2D eigenvalue weighted by atomic mass is 32.2. The summed E-state index contributed by atoms with van der Waals surface area (Å²) >= 11 is 0. The monoisotopic (exact) mass is 567 g/mol. The Hall–Kier alpha value is -3.52. The van der Waals surface area contributed by atoms with Gasteiger partial charge in [0.05, 0.1) is 17.0 Å². The third-order valence-corrected chi connectivity index (χ3v) is 9.94. The fourth-order valence-electron chi connectivity index (χ4n) is 6.33. The molecular weight excluding hydrogens is 530 g/mol. The van der Waals surface area contributed by atoms with Crippen molar-refractivity contribution in [2.45, 2.75) is 62.0 Å². The fraction of sp³-hybridized carbons (Fsp3) is 0.324. The van der Waals surface area contributed by atoms with Crippen molar-refractivity contribution in [3.05, 3.63) is 113 Å². The Morgan fingerprint density at radius 2 is 1.61 bits per heavy atom. The molecule has 41 heavy (non-hydrogen) atoms. The Bertz CT molecular complexity index is 1630. The van der Waals surface area contributed by atoms with Gasteiger partial charge in [-0.25, -0.2) is 13.1 Å². The predicted molar refractivity (Wildman–Crippen MR) is 163 cm³/mol. The molecule has 212 valence electrons. The number of piperidine rings is 1. The van der Waals surface area contributed by atoms with E-state index in [9.17, 15) is 13.2 Å². The molecule has 0 spiro atoms. The average Bonchev–Trinajstić information content (AvgIpc) is 3.41. The van der Waals surface area contributed by atoms with Crippen LogP contribution in [-0.2, 0) is 27.8 Å². The van der Waals surface area contributed by atoms with Gasteiger partial charge in [0.1, 0.15) is 0 Å². The summed E-state index contributed by atoms with van der Waals surface area (Å²) in [6, 6.07) is 27.8. The Balaban J connectivity index is 1.18. The smallest absolute Gasteiger partial charge is 0.241 e. The normalized spacial score (nSPS) is 18.2. The van der Waals surface area contributed by atoms with Gasteiger partial charge in [-0.2, -0.15) is 0 Å². The maximum absolute atomic E-state index is 13.5. The van der Waals surface area contributed by atoms with Gasteiger partial charge in [-0.3, -0.25) is 9.69 Å². The van der Waals surface area contributed by atoms with E-state index in [1.54, 1.807) is 12.1 Å². The summed E-state index contributed by atoms with van der Waals surface area (Å²) < 4.78 is 29.8. The fourth-order valence-corrected chi connectivity index (χ4v) is 7.59. The van der Waals surface area contributed by atoms with E-state index in [0.29, 0.717) is 0 Å². The first-order valence-electron chi connectivity index (χ1n) is 14.6. The van der Waals surface area contributed by atoms with Crippen LogP contribution in [-0.4, -0.2) is 32.3 Å². The molecule has 4 aromatic carbocycles. The predicted octanol–water partition coefficient (Wildman–Crippen LogP) is 6.04. The van der Waals surface area contributed by atoms with E-state index < -0.39 is 16.1 Å². The number of hydrogen-bond acceptors (Lipinski definition) is 4. The molecule has 1 fully saturated rings. The maximum atomic E-state index is 13.5. The van der Waals surface area contributed by atoms with E-state index in [4.69, 9.17) is 0 Å². The van der Waals surface area contributed by atoms with Gasteiger partial charge in [-0.15, -0.1) is 0 Å². The maximum Gasteiger partial charge on any atom is 0.241 e. The second-order valence-electron chi connectivity index (χ2n) is 11.3. The minimum Gasteiger partial charge on any atom is -0.349 e. The van der Waals surface area contributed by atoms with Crippen molar-refractivity contribution in [1.82, 2.24) is 14.9 Å². The third kappa shape index (κ3) is 6.38. The summed E-state index contributed by atoms with van der Waals surface area (Å²) in [5.41, 5.74) is 4.68. The van der Waals surface area contributed by atoms with E-state index in [-0.39, 0.29) is 23.3 Å². The summed E-state index contributed by atoms with van der Waals surface area (Å²) in [5, 5.41) is 5.05. The van der Waals surface area contributed by atoms with Gasteiger partial charge in [0, 0.05) is 13.0 Å². The molecule has 7 heteroatoms. The Morgan fingerprint density at radius 1 is 0.854 bits per heavy atom. The molecule has 0 radical (unpaired) electrons. The number of carbonyl (C=O) groups is 1. The molecule has 0 aromatic heterocycles. The third-order valence-electron chi connectivity index (χ3n) is 8.47. The highest BCUT2D eigenvalue weighted by Crippen LogP contribution is 2.34. The molecule has 1 unspecified atom stereocenters. The Kier molecular flexibility index (Phi) is 8.19. The zero-order chi connectivity index (χ0) is 28.2. The van der Waals surface area contributed by atoms with Crippen LogP contribution in [0.3, 0.4) is 0 Å². The standard InChI is InChI=1S/C34H37N3O3S/c38-34(35-32-19-18-30-28(14-9-15-31(30)32)24-37-20-7-2-8-21-37)23-33(26-11-3-1-4-12-26)36-41(39,40)29-17-16-25-10-5-6-13-27(25)22-29/h1,3-6,9-17,22,32-33,36H,2,7-8,18-21,23-24H2,(H,35,38)/t32?,33-/m1/s1. The number of nitrogens with zero attached hydrogens (tertiary/aromatic N) is 1. The van der Waals surface area contributed by atoms with E-state index in [0.717, 1.165) is 48.8 Å². The van der Waals surface area contributed by atoms with Crippen LogP contribution in [0.15, 0.2) is 95.9 Å². The van der Waals surface area contributed by atoms with Gasteiger partial charge in [-0.05, 0) is 83.9 Å². The highest BCUT2D eigenvalue weighted by molar-refractivity contribution is 7.89. The molecule has 6 nitrogen and oxygen atoms in total. The molecule has 1 saturated heterocycles. The van der Waals surface area contributed by atoms with Crippen LogP contribution in [0.2, 0.25) is 0 Å². The number of sulfonamides is 1. The first kappa shape index (κ1) is 27.6. The van der Waals surface area contributed by atoms with Gasteiger partial charge in [0.15, 0.2) is 0 Å². The summed E-state index contributed by atoms with van der Waals surface area (Å²) in [7, 11) is -3.88. The number of rotatable bonds is 9. The van der Waals surface area contributed by atoms with Crippen molar-refractivity contribution in [2.24, 2.45) is 0 Å². The van der Waals surface area contributed by atoms with Crippen LogP contribution in [0, 0.1) is 0 Å². The molecule has 1 aliphatic carbocycles. The van der Waals surface area contributed by atoms with Crippen molar-refractivity contribution in [3.8, 4) is 0 Å². The van der Waals surface area contributed by atoms with E-state index in [2.05, 4.69) is 33.1 Å². The van der Waals surface area contributed by atoms with Crippen molar-refractivity contribution in [1.29, 1.82) is 0 Å². The van der Waals surface area contributed by atoms with Crippen LogP contribution in [0.25, 0.3) is 10.8 Å². The van der Waals surface area contributed by atoms with Gasteiger partial charge in [-0.1, -0.05) is 85.3 Å².